The van der Waals surface area contributed by atoms with Gasteiger partial charge in [0.2, 0.25) is 5.88 Å². The fraction of sp³-hybridized carbons (Fsp3) is 0.643. The predicted octanol–water partition coefficient (Wildman–Crippen LogP) is 1.23. The van der Waals surface area contributed by atoms with Gasteiger partial charge in [-0.2, -0.15) is 4.98 Å². The Labute approximate surface area is 126 Å². The number of ether oxygens (including phenoxy) is 2. The molecule has 0 bridgehead atoms. The van der Waals surface area contributed by atoms with E-state index in [9.17, 15) is 4.39 Å². The molecular weight excluding hydrogens is 291 g/mol. The van der Waals surface area contributed by atoms with E-state index in [1.807, 2.05) is 0 Å². The molecule has 2 aromatic heterocycles. The lowest BCUT2D eigenvalue weighted by Gasteiger charge is -2.13. The zero-order chi connectivity index (χ0) is 15.1. The largest absolute Gasteiger partial charge is 0.476 e. The average Bonchev–Trinajstić information content (AvgIpc) is 3.13. The molecule has 22 heavy (non-hydrogen) atoms. The quantitative estimate of drug-likeness (QED) is 0.894. The first-order valence-electron chi connectivity index (χ1n) is 7.47. The molecule has 1 saturated heterocycles. The fourth-order valence-corrected chi connectivity index (χ4v) is 2.65. The standard InChI is InChI=1S/C14H17FN4O3/c15-9-3-11(22-10(9)4-20)19-7-18-12-13(19)16-6-17-14(12)21-5-8-1-2-8/h6-11,20H,1-5H2/t9-,10+,11+/m0/s1. The molecule has 0 radical (unpaired) electrons. The summed E-state index contributed by atoms with van der Waals surface area (Å²) < 4.78 is 26.6. The highest BCUT2D eigenvalue weighted by atomic mass is 19.1. The van der Waals surface area contributed by atoms with Crippen LogP contribution < -0.4 is 4.74 Å². The number of hydrogen-bond acceptors (Lipinski definition) is 6. The molecule has 0 spiro atoms. The Balaban J connectivity index is 1.61. The Morgan fingerprint density at radius 3 is 2.95 bits per heavy atom. The van der Waals surface area contributed by atoms with E-state index in [1.54, 1.807) is 10.9 Å². The summed E-state index contributed by atoms with van der Waals surface area (Å²) in [7, 11) is 0. The summed E-state index contributed by atoms with van der Waals surface area (Å²) >= 11 is 0. The molecule has 7 nitrogen and oxygen atoms in total. The van der Waals surface area contributed by atoms with E-state index in [4.69, 9.17) is 14.6 Å². The Hall–Kier alpha value is -1.80. The van der Waals surface area contributed by atoms with Crippen molar-refractivity contribution in [1.82, 2.24) is 19.5 Å². The van der Waals surface area contributed by atoms with Crippen molar-refractivity contribution in [3.8, 4) is 5.88 Å². The van der Waals surface area contributed by atoms with Gasteiger partial charge < -0.3 is 14.6 Å². The van der Waals surface area contributed by atoms with Crippen LogP contribution in [0, 0.1) is 5.92 Å². The van der Waals surface area contributed by atoms with Gasteiger partial charge in [-0.25, -0.2) is 14.4 Å². The van der Waals surface area contributed by atoms with Gasteiger partial charge in [0.05, 0.1) is 19.5 Å². The van der Waals surface area contributed by atoms with Crippen molar-refractivity contribution in [2.75, 3.05) is 13.2 Å². The maximum Gasteiger partial charge on any atom is 0.245 e. The minimum Gasteiger partial charge on any atom is -0.476 e. The van der Waals surface area contributed by atoms with Crippen LogP contribution in [0.5, 0.6) is 5.88 Å². The molecule has 3 heterocycles. The van der Waals surface area contributed by atoms with Crippen molar-refractivity contribution in [2.45, 2.75) is 37.8 Å². The molecule has 4 rings (SSSR count). The van der Waals surface area contributed by atoms with Crippen LogP contribution in [0.1, 0.15) is 25.5 Å². The molecule has 2 aromatic rings. The summed E-state index contributed by atoms with van der Waals surface area (Å²) in [6, 6.07) is 0. The third-order valence-corrected chi connectivity index (χ3v) is 4.13. The van der Waals surface area contributed by atoms with Gasteiger partial charge in [-0.05, 0) is 18.8 Å². The maximum absolute atomic E-state index is 13.8. The van der Waals surface area contributed by atoms with Crippen LogP contribution >= 0.6 is 0 Å². The Bertz CT molecular complexity index is 675. The topological polar surface area (TPSA) is 82.3 Å². The zero-order valence-corrected chi connectivity index (χ0v) is 11.9. The molecule has 0 aromatic carbocycles. The predicted molar refractivity (Wildman–Crippen MR) is 74.1 cm³/mol. The van der Waals surface area contributed by atoms with Crippen LogP contribution in [-0.4, -0.2) is 50.1 Å². The molecule has 3 atom stereocenters. The number of aliphatic hydroxyl groups is 1. The fourth-order valence-electron chi connectivity index (χ4n) is 2.65. The third-order valence-electron chi connectivity index (χ3n) is 4.13. The number of rotatable bonds is 5. The molecule has 0 unspecified atom stereocenters. The smallest absolute Gasteiger partial charge is 0.245 e. The van der Waals surface area contributed by atoms with Gasteiger partial charge in [0.15, 0.2) is 11.2 Å². The second-order valence-electron chi connectivity index (χ2n) is 5.82. The molecule has 2 aliphatic rings. The number of hydrogen-bond donors (Lipinski definition) is 1. The first-order chi connectivity index (χ1) is 10.8. The minimum absolute atomic E-state index is 0.166. The van der Waals surface area contributed by atoms with E-state index in [-0.39, 0.29) is 13.0 Å². The van der Waals surface area contributed by atoms with Crippen molar-refractivity contribution < 1.29 is 19.0 Å². The molecular formula is C14H17FN4O3. The van der Waals surface area contributed by atoms with Gasteiger partial charge in [-0.15, -0.1) is 0 Å². The highest BCUT2D eigenvalue weighted by Gasteiger charge is 2.36. The van der Waals surface area contributed by atoms with Crippen LogP contribution in [0.3, 0.4) is 0 Å². The van der Waals surface area contributed by atoms with Gasteiger partial charge in [-0.1, -0.05) is 0 Å². The van der Waals surface area contributed by atoms with Crippen molar-refractivity contribution in [1.29, 1.82) is 0 Å². The Kier molecular flexibility index (Phi) is 3.42. The van der Waals surface area contributed by atoms with Gasteiger partial charge in [0.25, 0.3) is 0 Å². The van der Waals surface area contributed by atoms with Gasteiger partial charge in [0, 0.05) is 6.42 Å². The summed E-state index contributed by atoms with van der Waals surface area (Å²) in [5.41, 5.74) is 1.10. The molecule has 1 saturated carbocycles. The number of alkyl halides is 1. The van der Waals surface area contributed by atoms with Gasteiger partial charge in [0.1, 0.15) is 24.8 Å². The van der Waals surface area contributed by atoms with E-state index in [0.717, 1.165) is 0 Å². The van der Waals surface area contributed by atoms with Crippen molar-refractivity contribution in [3.63, 3.8) is 0 Å². The lowest BCUT2D eigenvalue weighted by Crippen LogP contribution is -2.21. The monoisotopic (exact) mass is 308 g/mol. The third kappa shape index (κ3) is 2.42. The van der Waals surface area contributed by atoms with Crippen molar-refractivity contribution in [2.24, 2.45) is 5.92 Å². The van der Waals surface area contributed by atoms with Gasteiger partial charge in [-0.3, -0.25) is 4.57 Å². The van der Waals surface area contributed by atoms with Crippen LogP contribution in [-0.2, 0) is 4.74 Å². The SMILES string of the molecule is OC[C@H]1O[C@@H](n2cnc3c(OCC4CC4)ncnc32)C[C@@H]1F. The Morgan fingerprint density at radius 2 is 2.23 bits per heavy atom. The zero-order valence-electron chi connectivity index (χ0n) is 11.9. The lowest BCUT2D eigenvalue weighted by molar-refractivity contribution is -0.0323. The second-order valence-corrected chi connectivity index (χ2v) is 5.82. The molecule has 0 amide bonds. The number of fused-ring (bicyclic) bond motifs is 1. The normalized spacial score (nSPS) is 28.4. The highest BCUT2D eigenvalue weighted by molar-refractivity contribution is 5.76. The lowest BCUT2D eigenvalue weighted by atomic mass is 10.2. The van der Waals surface area contributed by atoms with E-state index in [0.29, 0.717) is 29.6 Å². The first kappa shape index (κ1) is 13.8. The number of aliphatic hydroxyl groups excluding tert-OH is 1. The van der Waals surface area contributed by atoms with Crippen molar-refractivity contribution >= 4 is 11.2 Å². The van der Waals surface area contributed by atoms with E-state index >= 15 is 0 Å². The summed E-state index contributed by atoms with van der Waals surface area (Å²) in [6.45, 7) is 0.299. The highest BCUT2D eigenvalue weighted by Crippen LogP contribution is 2.34. The summed E-state index contributed by atoms with van der Waals surface area (Å²) in [6.07, 6.45) is 3.00. The number of nitrogens with zero attached hydrogens (tertiary/aromatic N) is 4. The molecule has 1 N–H and O–H groups in total. The van der Waals surface area contributed by atoms with Crippen LogP contribution in [0.15, 0.2) is 12.7 Å². The Morgan fingerprint density at radius 1 is 1.36 bits per heavy atom. The van der Waals surface area contributed by atoms with Gasteiger partial charge >= 0.3 is 0 Å². The minimum atomic E-state index is -1.19. The second kappa shape index (κ2) is 5.44. The van der Waals surface area contributed by atoms with Crippen LogP contribution in [0.25, 0.3) is 11.2 Å². The number of imidazole rings is 1. The van der Waals surface area contributed by atoms with Crippen LogP contribution in [0.4, 0.5) is 4.39 Å². The average molecular weight is 308 g/mol. The maximum atomic E-state index is 13.8. The number of halogens is 1. The van der Waals surface area contributed by atoms with Crippen LogP contribution in [0.2, 0.25) is 0 Å². The summed E-state index contributed by atoms with van der Waals surface area (Å²) in [5.74, 6) is 1.06. The molecule has 2 fully saturated rings. The summed E-state index contributed by atoms with van der Waals surface area (Å²) in [4.78, 5) is 12.6. The van der Waals surface area contributed by atoms with Crippen molar-refractivity contribution in [3.05, 3.63) is 12.7 Å². The molecule has 1 aliphatic heterocycles. The summed E-state index contributed by atoms with van der Waals surface area (Å²) in [5, 5.41) is 9.10. The van der Waals surface area contributed by atoms with E-state index < -0.39 is 18.5 Å². The van der Waals surface area contributed by atoms with E-state index in [2.05, 4.69) is 15.0 Å². The molecule has 118 valence electrons. The number of aromatic nitrogens is 4. The molecule has 1 aliphatic carbocycles. The first-order valence-corrected chi connectivity index (χ1v) is 7.47. The van der Waals surface area contributed by atoms with E-state index in [1.165, 1.54) is 19.2 Å². The molecule has 8 heteroatoms.